The Hall–Kier alpha value is -2.66. The van der Waals surface area contributed by atoms with E-state index in [9.17, 15) is 9.59 Å². The van der Waals surface area contributed by atoms with Gasteiger partial charge < -0.3 is 16.4 Å². The summed E-state index contributed by atoms with van der Waals surface area (Å²) in [6.45, 7) is 0. The van der Waals surface area contributed by atoms with E-state index in [1.165, 1.54) is 0 Å². The lowest BCUT2D eigenvalue weighted by Crippen LogP contribution is -2.37. The minimum absolute atomic E-state index is 0.0410. The number of hydrogen-bond acceptors (Lipinski definition) is 3. The van der Waals surface area contributed by atoms with Crippen LogP contribution in [-0.4, -0.2) is 17.9 Å². The number of nitrogens with two attached hydrogens (primary N) is 1. The lowest BCUT2D eigenvalue weighted by Gasteiger charge is -2.13. The zero-order valence-electron chi connectivity index (χ0n) is 13.4. The van der Waals surface area contributed by atoms with E-state index >= 15 is 0 Å². The number of nitrogens with one attached hydrogen (secondary N) is 2. The fourth-order valence-corrected chi connectivity index (χ4v) is 2.46. The number of amides is 2. The third-order valence-corrected chi connectivity index (χ3v) is 3.98. The summed E-state index contributed by atoms with van der Waals surface area (Å²) >= 11 is 0. The van der Waals surface area contributed by atoms with Crippen LogP contribution in [0.5, 0.6) is 0 Å². The first kappa shape index (κ1) is 16.2. The van der Waals surface area contributed by atoms with Gasteiger partial charge >= 0.3 is 0 Å². The number of anilines is 2. The molecular weight excluding hydrogens is 302 g/mol. The Balaban J connectivity index is 1.58. The molecule has 0 aromatic heterocycles. The van der Waals surface area contributed by atoms with E-state index in [1.54, 1.807) is 24.3 Å². The third kappa shape index (κ3) is 4.43. The van der Waals surface area contributed by atoms with Crippen LogP contribution in [0, 0.1) is 5.92 Å². The Morgan fingerprint density at radius 3 is 2.33 bits per heavy atom. The number of carbonyl (C=O) groups excluding carboxylic acids is 2. The average molecular weight is 323 g/mol. The van der Waals surface area contributed by atoms with Gasteiger partial charge in [0.1, 0.15) is 0 Å². The van der Waals surface area contributed by atoms with Crippen LogP contribution >= 0.6 is 0 Å². The molecule has 1 aliphatic rings. The van der Waals surface area contributed by atoms with E-state index in [0.717, 1.165) is 18.4 Å². The molecule has 1 saturated carbocycles. The molecule has 124 valence electrons. The molecule has 2 amide bonds. The molecule has 0 spiro atoms. The Labute approximate surface area is 141 Å². The molecule has 0 saturated heterocycles. The maximum atomic E-state index is 12.2. The molecule has 1 fully saturated rings. The van der Waals surface area contributed by atoms with Crippen LogP contribution in [-0.2, 0) is 16.0 Å². The molecule has 0 heterocycles. The van der Waals surface area contributed by atoms with Gasteiger partial charge in [-0.25, -0.2) is 0 Å². The van der Waals surface area contributed by atoms with E-state index in [1.807, 2.05) is 30.3 Å². The highest BCUT2D eigenvalue weighted by Crippen LogP contribution is 2.30. The van der Waals surface area contributed by atoms with Crippen LogP contribution in [0.4, 0.5) is 11.4 Å². The first-order valence-corrected chi connectivity index (χ1v) is 8.13. The Bertz CT molecular complexity index is 726. The van der Waals surface area contributed by atoms with Gasteiger partial charge in [0.15, 0.2) is 0 Å². The van der Waals surface area contributed by atoms with Crippen molar-refractivity contribution >= 4 is 23.2 Å². The molecule has 0 aliphatic heterocycles. The van der Waals surface area contributed by atoms with Crippen molar-refractivity contribution in [2.24, 2.45) is 11.7 Å². The van der Waals surface area contributed by atoms with Gasteiger partial charge in [0.05, 0.1) is 6.04 Å². The van der Waals surface area contributed by atoms with E-state index in [2.05, 4.69) is 10.6 Å². The minimum atomic E-state index is -0.628. The summed E-state index contributed by atoms with van der Waals surface area (Å²) in [5, 5.41) is 5.67. The largest absolute Gasteiger partial charge is 0.326 e. The third-order valence-electron chi connectivity index (χ3n) is 3.98. The Kier molecular flexibility index (Phi) is 4.91. The van der Waals surface area contributed by atoms with Gasteiger partial charge in [-0.05, 0) is 43.0 Å². The zero-order valence-corrected chi connectivity index (χ0v) is 13.4. The number of benzene rings is 2. The lowest BCUT2D eigenvalue weighted by atomic mass is 10.1. The molecule has 2 aromatic carbocycles. The summed E-state index contributed by atoms with van der Waals surface area (Å²) in [6.07, 6.45) is 2.39. The molecule has 5 heteroatoms. The molecule has 1 unspecified atom stereocenters. The van der Waals surface area contributed by atoms with Gasteiger partial charge in [-0.2, -0.15) is 0 Å². The quantitative estimate of drug-likeness (QED) is 0.764. The number of hydrogen-bond donors (Lipinski definition) is 3. The summed E-state index contributed by atoms with van der Waals surface area (Å²) in [5.74, 6) is -0.0636. The summed E-state index contributed by atoms with van der Waals surface area (Å²) < 4.78 is 0. The highest BCUT2D eigenvalue weighted by molar-refractivity contribution is 5.97. The predicted molar refractivity (Wildman–Crippen MR) is 94.5 cm³/mol. The van der Waals surface area contributed by atoms with Gasteiger partial charge in [-0.15, -0.1) is 0 Å². The predicted octanol–water partition coefficient (Wildman–Crippen LogP) is 2.54. The first-order valence-electron chi connectivity index (χ1n) is 8.13. The van der Waals surface area contributed by atoms with Crippen molar-refractivity contribution in [1.82, 2.24) is 0 Å². The van der Waals surface area contributed by atoms with Crippen molar-refractivity contribution in [2.75, 3.05) is 10.6 Å². The second kappa shape index (κ2) is 7.27. The lowest BCUT2D eigenvalue weighted by molar-refractivity contribution is -0.118. The molecular formula is C19H21N3O2. The van der Waals surface area contributed by atoms with E-state index in [0.29, 0.717) is 17.8 Å². The van der Waals surface area contributed by atoms with E-state index < -0.39 is 6.04 Å². The van der Waals surface area contributed by atoms with Crippen molar-refractivity contribution in [1.29, 1.82) is 0 Å². The van der Waals surface area contributed by atoms with Crippen molar-refractivity contribution in [3.63, 3.8) is 0 Å². The van der Waals surface area contributed by atoms with Gasteiger partial charge in [0.25, 0.3) is 0 Å². The van der Waals surface area contributed by atoms with Crippen LogP contribution in [0.1, 0.15) is 18.4 Å². The van der Waals surface area contributed by atoms with Crippen LogP contribution in [0.15, 0.2) is 54.6 Å². The maximum absolute atomic E-state index is 12.2. The number of carbonyl (C=O) groups is 2. The van der Waals surface area contributed by atoms with Gasteiger partial charge in [0.2, 0.25) is 11.8 Å². The average Bonchev–Trinajstić information content (AvgIpc) is 3.41. The summed E-state index contributed by atoms with van der Waals surface area (Å²) in [6, 6.07) is 16.2. The van der Waals surface area contributed by atoms with Crippen LogP contribution in [0.2, 0.25) is 0 Å². The van der Waals surface area contributed by atoms with Gasteiger partial charge in [0, 0.05) is 17.3 Å². The molecule has 2 aromatic rings. The second-order valence-electron chi connectivity index (χ2n) is 6.13. The minimum Gasteiger partial charge on any atom is -0.326 e. The first-order chi connectivity index (χ1) is 11.6. The second-order valence-corrected chi connectivity index (χ2v) is 6.13. The Morgan fingerprint density at radius 1 is 1.00 bits per heavy atom. The van der Waals surface area contributed by atoms with Crippen LogP contribution in [0.25, 0.3) is 0 Å². The summed E-state index contributed by atoms with van der Waals surface area (Å²) in [5.41, 5.74) is 8.31. The summed E-state index contributed by atoms with van der Waals surface area (Å²) in [4.78, 5) is 24.0. The van der Waals surface area contributed by atoms with Crippen molar-refractivity contribution in [3.05, 3.63) is 60.2 Å². The van der Waals surface area contributed by atoms with Crippen molar-refractivity contribution in [3.8, 4) is 0 Å². The number of rotatable bonds is 6. The SMILES string of the molecule is NC(Cc1ccccc1)C(=O)Nc1cccc(NC(=O)C2CC2)c1. The van der Waals surface area contributed by atoms with Crippen LogP contribution in [0.3, 0.4) is 0 Å². The van der Waals surface area contributed by atoms with Gasteiger partial charge in [-0.1, -0.05) is 36.4 Å². The smallest absolute Gasteiger partial charge is 0.241 e. The van der Waals surface area contributed by atoms with Gasteiger partial charge in [-0.3, -0.25) is 9.59 Å². The van der Waals surface area contributed by atoms with Crippen LogP contribution < -0.4 is 16.4 Å². The molecule has 5 nitrogen and oxygen atoms in total. The Morgan fingerprint density at radius 2 is 1.67 bits per heavy atom. The zero-order chi connectivity index (χ0) is 16.9. The monoisotopic (exact) mass is 323 g/mol. The fraction of sp³-hybridized carbons (Fsp3) is 0.263. The molecule has 1 atom stereocenters. The molecule has 24 heavy (non-hydrogen) atoms. The highest BCUT2D eigenvalue weighted by Gasteiger charge is 2.29. The van der Waals surface area contributed by atoms with E-state index in [4.69, 9.17) is 5.73 Å². The fourth-order valence-electron chi connectivity index (χ4n) is 2.46. The van der Waals surface area contributed by atoms with Crippen molar-refractivity contribution in [2.45, 2.75) is 25.3 Å². The summed E-state index contributed by atoms with van der Waals surface area (Å²) in [7, 11) is 0. The standard InChI is InChI=1S/C19H21N3O2/c20-17(11-13-5-2-1-3-6-13)19(24)22-16-8-4-7-15(12-16)21-18(23)14-9-10-14/h1-8,12,14,17H,9-11,20H2,(H,21,23)(H,22,24). The molecule has 3 rings (SSSR count). The highest BCUT2D eigenvalue weighted by atomic mass is 16.2. The van der Waals surface area contributed by atoms with Crippen molar-refractivity contribution < 1.29 is 9.59 Å². The topological polar surface area (TPSA) is 84.2 Å². The molecule has 0 radical (unpaired) electrons. The molecule has 0 bridgehead atoms. The molecule has 4 N–H and O–H groups in total. The molecule has 1 aliphatic carbocycles. The normalized spacial score (nSPS) is 14.7. The van der Waals surface area contributed by atoms with E-state index in [-0.39, 0.29) is 17.7 Å². The maximum Gasteiger partial charge on any atom is 0.241 e.